The first-order chi connectivity index (χ1) is 11.4. The van der Waals surface area contributed by atoms with Crippen molar-refractivity contribution in [2.24, 2.45) is 0 Å². The normalized spacial score (nSPS) is 11.8. The molecule has 1 aromatic heterocycles. The number of thioether (sulfide) groups is 1. The first-order valence-electron chi connectivity index (χ1n) is 7.12. The van der Waals surface area contributed by atoms with Crippen molar-refractivity contribution < 1.29 is 4.79 Å². The summed E-state index contributed by atoms with van der Waals surface area (Å²) in [7, 11) is 0. The highest BCUT2D eigenvalue weighted by Gasteiger charge is 2.18. The van der Waals surface area contributed by atoms with Gasteiger partial charge in [0.2, 0.25) is 5.91 Å². The van der Waals surface area contributed by atoms with Gasteiger partial charge in [0.15, 0.2) is 5.16 Å². The molecule has 24 heavy (non-hydrogen) atoms. The molecule has 3 N–H and O–H groups in total. The zero-order valence-corrected chi connectivity index (χ0v) is 14.6. The van der Waals surface area contributed by atoms with Crippen molar-refractivity contribution in [3.05, 3.63) is 58.4 Å². The number of hydrogen-bond donors (Lipinski definition) is 2. The van der Waals surface area contributed by atoms with Gasteiger partial charge in [-0.15, -0.1) is 6.58 Å². The van der Waals surface area contributed by atoms with Gasteiger partial charge in [-0.25, -0.2) is 0 Å². The van der Waals surface area contributed by atoms with Gasteiger partial charge in [-0.3, -0.25) is 9.59 Å². The highest BCUT2D eigenvalue weighted by molar-refractivity contribution is 8.00. The third kappa shape index (κ3) is 4.62. The van der Waals surface area contributed by atoms with Gasteiger partial charge in [0.25, 0.3) is 5.56 Å². The van der Waals surface area contributed by atoms with Gasteiger partial charge in [0.1, 0.15) is 5.82 Å². The molecule has 0 aliphatic rings. The fourth-order valence-electron chi connectivity index (χ4n) is 1.93. The molecule has 2 aromatic rings. The van der Waals surface area contributed by atoms with Gasteiger partial charge in [-0.05, 0) is 25.1 Å². The van der Waals surface area contributed by atoms with E-state index in [-0.39, 0.29) is 11.7 Å². The lowest BCUT2D eigenvalue weighted by atomic mass is 10.3. The second-order valence-corrected chi connectivity index (χ2v) is 6.71. The van der Waals surface area contributed by atoms with E-state index in [1.165, 1.54) is 6.07 Å². The Kier molecular flexibility index (Phi) is 6.05. The lowest BCUT2D eigenvalue weighted by Crippen LogP contribution is -2.25. The monoisotopic (exact) mass is 364 g/mol. The summed E-state index contributed by atoms with van der Waals surface area (Å²) in [6, 6.07) is 8.11. The maximum absolute atomic E-state index is 12.3. The highest BCUT2D eigenvalue weighted by atomic mass is 35.5. The second-order valence-electron chi connectivity index (χ2n) is 4.96. The standard InChI is InChI=1S/C16H17ClN4O2S/c1-3-7-21-13(18)9-14(22)20-16(21)24-10(2)15(23)19-12-6-4-5-11(17)8-12/h3-6,8-10H,1,7,18H2,2H3,(H,19,23)/t10-/m1/s1. The Morgan fingerprint density at radius 3 is 2.96 bits per heavy atom. The minimum absolute atomic E-state index is 0.232. The molecule has 1 atom stereocenters. The summed E-state index contributed by atoms with van der Waals surface area (Å²) in [6.07, 6.45) is 1.64. The third-order valence-corrected chi connectivity index (χ3v) is 4.40. The minimum Gasteiger partial charge on any atom is -0.385 e. The predicted octanol–water partition coefficient (Wildman–Crippen LogP) is 2.78. The smallest absolute Gasteiger partial charge is 0.275 e. The summed E-state index contributed by atoms with van der Waals surface area (Å²) in [4.78, 5) is 27.9. The van der Waals surface area contributed by atoms with Crippen LogP contribution in [-0.2, 0) is 11.3 Å². The van der Waals surface area contributed by atoms with Crippen LogP contribution >= 0.6 is 23.4 Å². The van der Waals surface area contributed by atoms with Crippen LogP contribution < -0.4 is 16.6 Å². The van der Waals surface area contributed by atoms with Crippen molar-refractivity contribution in [3.8, 4) is 0 Å². The largest absolute Gasteiger partial charge is 0.385 e. The quantitative estimate of drug-likeness (QED) is 0.467. The lowest BCUT2D eigenvalue weighted by Gasteiger charge is -2.16. The van der Waals surface area contributed by atoms with E-state index in [2.05, 4.69) is 16.9 Å². The zero-order chi connectivity index (χ0) is 17.7. The van der Waals surface area contributed by atoms with E-state index in [1.54, 1.807) is 41.8 Å². The predicted molar refractivity (Wildman–Crippen MR) is 98.5 cm³/mol. The van der Waals surface area contributed by atoms with Gasteiger partial charge in [0.05, 0.1) is 5.25 Å². The maximum Gasteiger partial charge on any atom is 0.275 e. The molecule has 0 bridgehead atoms. The number of nitrogens with one attached hydrogen (secondary N) is 1. The van der Waals surface area contributed by atoms with Crippen molar-refractivity contribution in [2.75, 3.05) is 11.1 Å². The van der Waals surface area contributed by atoms with Crippen molar-refractivity contribution in [1.82, 2.24) is 9.55 Å². The second kappa shape index (κ2) is 8.03. The molecule has 0 saturated carbocycles. The van der Waals surface area contributed by atoms with Crippen LogP contribution in [0.25, 0.3) is 0 Å². The summed E-state index contributed by atoms with van der Waals surface area (Å²) in [6.45, 7) is 5.77. The molecule has 8 heteroatoms. The van der Waals surface area contributed by atoms with E-state index < -0.39 is 10.8 Å². The number of amides is 1. The Balaban J connectivity index is 2.16. The van der Waals surface area contributed by atoms with Crippen LogP contribution in [0.4, 0.5) is 11.5 Å². The SMILES string of the molecule is C=CCn1c(N)cc(=O)nc1S[C@H](C)C(=O)Nc1cccc(Cl)c1. The molecule has 0 unspecified atom stereocenters. The van der Waals surface area contributed by atoms with Crippen molar-refractivity contribution in [1.29, 1.82) is 0 Å². The number of carbonyl (C=O) groups is 1. The van der Waals surface area contributed by atoms with Crippen molar-refractivity contribution in [2.45, 2.75) is 23.9 Å². The number of rotatable bonds is 6. The van der Waals surface area contributed by atoms with Gasteiger partial charge >= 0.3 is 0 Å². The minimum atomic E-state index is -0.492. The number of benzene rings is 1. The van der Waals surface area contributed by atoms with E-state index in [0.717, 1.165) is 11.8 Å². The van der Waals surface area contributed by atoms with Gasteiger partial charge < -0.3 is 15.6 Å². The molecule has 0 aliphatic carbocycles. The van der Waals surface area contributed by atoms with Gasteiger partial charge in [-0.2, -0.15) is 4.98 Å². The average Bonchev–Trinajstić information content (AvgIpc) is 2.50. The number of anilines is 2. The molecular weight excluding hydrogens is 348 g/mol. The number of carbonyl (C=O) groups excluding carboxylic acids is 1. The van der Waals surface area contributed by atoms with E-state index in [1.807, 2.05) is 0 Å². The van der Waals surface area contributed by atoms with Gasteiger partial charge in [-0.1, -0.05) is 35.5 Å². The average molecular weight is 365 g/mol. The molecule has 1 heterocycles. The Bertz CT molecular complexity index is 822. The van der Waals surface area contributed by atoms with Crippen LogP contribution in [0, 0.1) is 0 Å². The fraction of sp³-hybridized carbons (Fsp3) is 0.188. The fourth-order valence-corrected chi connectivity index (χ4v) is 3.05. The number of nitrogens with zero attached hydrogens (tertiary/aromatic N) is 2. The summed E-state index contributed by atoms with van der Waals surface area (Å²) in [5.41, 5.74) is 6.00. The number of aromatic nitrogens is 2. The van der Waals surface area contributed by atoms with Crippen LogP contribution in [0.2, 0.25) is 5.02 Å². The van der Waals surface area contributed by atoms with E-state index in [0.29, 0.717) is 22.4 Å². The van der Waals surface area contributed by atoms with Crippen LogP contribution in [-0.4, -0.2) is 20.7 Å². The molecular formula is C16H17ClN4O2S. The molecule has 0 spiro atoms. The molecule has 0 fully saturated rings. The molecule has 1 amide bonds. The number of nitrogen functional groups attached to an aromatic ring is 1. The van der Waals surface area contributed by atoms with E-state index >= 15 is 0 Å². The Morgan fingerprint density at radius 1 is 1.54 bits per heavy atom. The maximum atomic E-state index is 12.3. The third-order valence-electron chi connectivity index (χ3n) is 3.08. The molecule has 0 aliphatic heterocycles. The number of halogens is 1. The van der Waals surface area contributed by atoms with Gasteiger partial charge in [0, 0.05) is 23.3 Å². The van der Waals surface area contributed by atoms with Crippen molar-refractivity contribution in [3.63, 3.8) is 0 Å². The molecule has 0 radical (unpaired) electrons. The van der Waals surface area contributed by atoms with Crippen LogP contribution in [0.1, 0.15) is 6.92 Å². The summed E-state index contributed by atoms with van der Waals surface area (Å²) < 4.78 is 1.63. The summed E-state index contributed by atoms with van der Waals surface area (Å²) >= 11 is 7.05. The number of allylic oxidation sites excluding steroid dienone is 1. The number of nitrogens with two attached hydrogens (primary N) is 1. The van der Waals surface area contributed by atoms with E-state index in [9.17, 15) is 9.59 Å². The molecule has 0 saturated heterocycles. The first kappa shape index (κ1) is 18.1. The van der Waals surface area contributed by atoms with Crippen LogP contribution in [0.5, 0.6) is 0 Å². The Hall–Kier alpha value is -2.25. The topological polar surface area (TPSA) is 90.0 Å². The molecule has 1 aromatic carbocycles. The number of hydrogen-bond acceptors (Lipinski definition) is 5. The van der Waals surface area contributed by atoms with Crippen molar-refractivity contribution >= 4 is 40.8 Å². The van der Waals surface area contributed by atoms with E-state index in [4.69, 9.17) is 17.3 Å². The first-order valence-corrected chi connectivity index (χ1v) is 8.38. The Labute approximate surface area is 148 Å². The lowest BCUT2D eigenvalue weighted by molar-refractivity contribution is -0.115. The molecule has 126 valence electrons. The van der Waals surface area contributed by atoms with Crippen LogP contribution in [0.3, 0.4) is 0 Å². The zero-order valence-electron chi connectivity index (χ0n) is 13.0. The summed E-state index contributed by atoms with van der Waals surface area (Å²) in [5.74, 6) is 0.0453. The Morgan fingerprint density at radius 2 is 2.29 bits per heavy atom. The highest BCUT2D eigenvalue weighted by Crippen LogP contribution is 2.24. The van der Waals surface area contributed by atoms with Crippen LogP contribution in [0.15, 0.2) is 52.9 Å². The summed E-state index contributed by atoms with van der Waals surface area (Å²) in [5, 5.41) is 3.18. The molecule has 6 nitrogen and oxygen atoms in total. The molecule has 2 rings (SSSR count).